The van der Waals surface area contributed by atoms with Crippen molar-refractivity contribution in [2.45, 2.75) is 0 Å². The van der Waals surface area contributed by atoms with Crippen LogP contribution in [-0.4, -0.2) is 28.6 Å². The number of nitrogens with one attached hydrogen (secondary N) is 2. The Labute approximate surface area is 79.7 Å². The summed E-state index contributed by atoms with van der Waals surface area (Å²) in [7, 11) is 0. The van der Waals surface area contributed by atoms with E-state index in [9.17, 15) is 4.79 Å². The molecular weight excluding hydrogens is 188 g/mol. The monoisotopic (exact) mass is 196 g/mol. The summed E-state index contributed by atoms with van der Waals surface area (Å²) in [4.78, 5) is 11.1. The molecule has 1 aromatic rings. The molecule has 1 heterocycles. The van der Waals surface area contributed by atoms with Crippen LogP contribution in [0.25, 0.3) is 0 Å². The molecule has 2 N–H and O–H groups in total. The van der Waals surface area contributed by atoms with Gasteiger partial charge in [0.15, 0.2) is 0 Å². The number of aromatic nitrogens is 2. The highest BCUT2D eigenvalue weighted by molar-refractivity contribution is 7.10. The van der Waals surface area contributed by atoms with E-state index in [1.165, 1.54) is 6.20 Å². The molecule has 1 amide bonds. The summed E-state index contributed by atoms with van der Waals surface area (Å²) in [6.45, 7) is 0.580. The molecule has 0 aliphatic carbocycles. The highest BCUT2D eigenvalue weighted by Crippen LogP contribution is 2.07. The number of rotatable bonds is 4. The number of carbonyl (C=O) groups excluding carboxylic acids is 1. The minimum atomic E-state index is -0.152. The third kappa shape index (κ3) is 3.64. The normalized spacial score (nSPS) is 9.15. The van der Waals surface area contributed by atoms with E-state index in [1.54, 1.807) is 0 Å². The van der Waals surface area contributed by atoms with E-state index in [-0.39, 0.29) is 12.5 Å². The van der Waals surface area contributed by atoms with Crippen LogP contribution in [0.4, 0.5) is 5.00 Å². The molecule has 6 heteroatoms. The molecule has 0 bridgehead atoms. The van der Waals surface area contributed by atoms with Gasteiger partial charge in [0.05, 0.1) is 19.3 Å². The Morgan fingerprint density at radius 3 is 3.23 bits per heavy atom. The zero-order valence-corrected chi connectivity index (χ0v) is 7.60. The maximum atomic E-state index is 11.1. The highest BCUT2D eigenvalue weighted by atomic mass is 32.1. The van der Waals surface area contributed by atoms with Crippen LogP contribution in [0.5, 0.6) is 0 Å². The zero-order valence-electron chi connectivity index (χ0n) is 6.78. The first-order chi connectivity index (χ1) is 6.33. The molecule has 68 valence electrons. The van der Waals surface area contributed by atoms with Crippen LogP contribution in [0, 0.1) is 12.3 Å². The smallest absolute Gasteiger partial charge is 0.239 e. The average molecular weight is 196 g/mol. The summed E-state index contributed by atoms with van der Waals surface area (Å²) < 4.78 is 3.60. The van der Waals surface area contributed by atoms with Gasteiger partial charge in [0.1, 0.15) is 5.00 Å². The molecule has 5 nitrogen and oxygen atoms in total. The van der Waals surface area contributed by atoms with E-state index in [2.05, 4.69) is 26.1 Å². The van der Waals surface area contributed by atoms with Gasteiger partial charge in [0.2, 0.25) is 5.91 Å². The second kappa shape index (κ2) is 5.24. The number of hydrogen-bond acceptors (Lipinski definition) is 5. The van der Waals surface area contributed by atoms with Crippen molar-refractivity contribution >= 4 is 22.4 Å². The van der Waals surface area contributed by atoms with E-state index in [0.717, 1.165) is 11.5 Å². The van der Waals surface area contributed by atoms with Crippen LogP contribution >= 0.6 is 11.5 Å². The molecule has 0 unspecified atom stereocenters. The molecule has 1 rings (SSSR count). The van der Waals surface area contributed by atoms with Gasteiger partial charge in [-0.3, -0.25) is 10.1 Å². The second-order valence-electron chi connectivity index (χ2n) is 2.14. The average Bonchev–Trinajstić information content (AvgIpc) is 2.57. The molecule has 0 atom stereocenters. The molecule has 0 saturated heterocycles. The van der Waals surface area contributed by atoms with Crippen molar-refractivity contribution in [3.05, 3.63) is 6.20 Å². The van der Waals surface area contributed by atoms with Gasteiger partial charge in [-0.1, -0.05) is 10.4 Å². The van der Waals surface area contributed by atoms with Crippen molar-refractivity contribution in [2.24, 2.45) is 0 Å². The zero-order chi connectivity index (χ0) is 9.52. The Balaban J connectivity index is 2.23. The maximum absolute atomic E-state index is 11.1. The Kier molecular flexibility index (Phi) is 3.88. The molecule has 0 spiro atoms. The number of anilines is 1. The minimum Gasteiger partial charge on any atom is -0.314 e. The van der Waals surface area contributed by atoms with Gasteiger partial charge in [-0.25, -0.2) is 0 Å². The number of hydrogen-bond donors (Lipinski definition) is 2. The standard InChI is InChI=1S/C7H8N4OS/c1-2-3-8-4-6(12)10-7-5-9-11-13-7/h1,5,8H,3-4H2,(H,10,12). The summed E-state index contributed by atoms with van der Waals surface area (Å²) in [6.07, 6.45) is 6.48. The van der Waals surface area contributed by atoms with Gasteiger partial charge >= 0.3 is 0 Å². The van der Waals surface area contributed by atoms with Crippen LogP contribution in [0.15, 0.2) is 6.20 Å². The highest BCUT2D eigenvalue weighted by Gasteiger charge is 2.01. The molecule has 0 aromatic carbocycles. The van der Waals surface area contributed by atoms with Gasteiger partial charge in [-0.2, -0.15) is 0 Å². The molecule has 0 saturated carbocycles. The lowest BCUT2D eigenvalue weighted by atomic mass is 10.5. The summed E-state index contributed by atoms with van der Waals surface area (Å²) in [5, 5.41) is 9.57. The van der Waals surface area contributed by atoms with Crippen molar-refractivity contribution in [1.82, 2.24) is 14.9 Å². The molecular formula is C7H8N4OS. The molecule has 13 heavy (non-hydrogen) atoms. The number of amides is 1. The van der Waals surface area contributed by atoms with E-state index in [4.69, 9.17) is 6.42 Å². The fourth-order valence-electron chi connectivity index (χ4n) is 0.652. The predicted molar refractivity (Wildman–Crippen MR) is 50.2 cm³/mol. The minimum absolute atomic E-state index is 0.152. The fraction of sp³-hybridized carbons (Fsp3) is 0.286. The van der Waals surface area contributed by atoms with Crippen LogP contribution in [0.2, 0.25) is 0 Å². The third-order valence-corrected chi connectivity index (χ3v) is 1.72. The van der Waals surface area contributed by atoms with Gasteiger partial charge < -0.3 is 5.32 Å². The number of terminal acetylenes is 1. The van der Waals surface area contributed by atoms with Gasteiger partial charge in [-0.05, 0) is 0 Å². The van der Waals surface area contributed by atoms with Crippen molar-refractivity contribution in [3.63, 3.8) is 0 Å². The lowest BCUT2D eigenvalue weighted by molar-refractivity contribution is -0.115. The van der Waals surface area contributed by atoms with Crippen molar-refractivity contribution in [1.29, 1.82) is 0 Å². The van der Waals surface area contributed by atoms with Crippen molar-refractivity contribution in [3.8, 4) is 12.3 Å². The first-order valence-corrected chi connectivity index (χ1v) is 4.31. The number of nitrogens with zero attached hydrogens (tertiary/aromatic N) is 2. The van der Waals surface area contributed by atoms with Crippen molar-refractivity contribution < 1.29 is 4.79 Å². The quantitative estimate of drug-likeness (QED) is 0.512. The molecule has 0 aliphatic heterocycles. The largest absolute Gasteiger partial charge is 0.314 e. The molecule has 0 radical (unpaired) electrons. The Morgan fingerprint density at radius 2 is 2.62 bits per heavy atom. The van der Waals surface area contributed by atoms with Crippen molar-refractivity contribution in [2.75, 3.05) is 18.4 Å². The Bertz CT molecular complexity index is 303. The maximum Gasteiger partial charge on any atom is 0.239 e. The third-order valence-electron chi connectivity index (χ3n) is 1.14. The van der Waals surface area contributed by atoms with E-state index in [1.807, 2.05) is 0 Å². The Morgan fingerprint density at radius 1 is 1.77 bits per heavy atom. The predicted octanol–water partition coefficient (Wildman–Crippen LogP) is -0.301. The SMILES string of the molecule is C#CCNCC(=O)Nc1cnns1. The van der Waals surface area contributed by atoms with E-state index in [0.29, 0.717) is 11.5 Å². The summed E-state index contributed by atoms with van der Waals surface area (Å²) in [5.74, 6) is 2.22. The van der Waals surface area contributed by atoms with Gasteiger partial charge in [-0.15, -0.1) is 11.5 Å². The summed E-state index contributed by atoms with van der Waals surface area (Å²) >= 11 is 1.13. The summed E-state index contributed by atoms with van der Waals surface area (Å²) in [6, 6.07) is 0. The molecule has 0 fully saturated rings. The van der Waals surface area contributed by atoms with Crippen LogP contribution in [0.3, 0.4) is 0 Å². The Hall–Kier alpha value is -1.45. The first kappa shape index (κ1) is 9.64. The molecule has 1 aromatic heterocycles. The van der Waals surface area contributed by atoms with Gasteiger partial charge in [0.25, 0.3) is 0 Å². The van der Waals surface area contributed by atoms with E-state index < -0.39 is 0 Å². The summed E-state index contributed by atoms with van der Waals surface area (Å²) in [5.41, 5.74) is 0. The van der Waals surface area contributed by atoms with Gasteiger partial charge in [0, 0.05) is 11.5 Å². The van der Waals surface area contributed by atoms with Crippen LogP contribution in [-0.2, 0) is 4.79 Å². The number of carbonyl (C=O) groups is 1. The topological polar surface area (TPSA) is 66.9 Å². The first-order valence-electron chi connectivity index (χ1n) is 3.54. The second-order valence-corrected chi connectivity index (χ2v) is 2.92. The van der Waals surface area contributed by atoms with E-state index >= 15 is 0 Å². The fourth-order valence-corrected chi connectivity index (χ4v) is 1.09. The lowest BCUT2D eigenvalue weighted by Gasteiger charge is -2.00. The van der Waals surface area contributed by atoms with Crippen LogP contribution < -0.4 is 10.6 Å². The van der Waals surface area contributed by atoms with Crippen LogP contribution in [0.1, 0.15) is 0 Å². The molecule has 0 aliphatic rings. The lowest BCUT2D eigenvalue weighted by Crippen LogP contribution is -2.27.